The highest BCUT2D eigenvalue weighted by molar-refractivity contribution is 6.06. The average Bonchev–Trinajstić information content (AvgIpc) is 3.95. The van der Waals surface area contributed by atoms with E-state index in [-0.39, 0.29) is 11.8 Å². The zero-order valence-corrected chi connectivity index (χ0v) is 27.3. The number of rotatable bonds is 11. The van der Waals surface area contributed by atoms with Crippen LogP contribution in [-0.2, 0) is 20.9 Å². The Labute approximate surface area is 282 Å². The number of nitrogens with two attached hydrogens (primary N) is 1. The quantitative estimate of drug-likeness (QED) is 0.153. The predicted octanol–water partition coefficient (Wildman–Crippen LogP) is 8.20. The van der Waals surface area contributed by atoms with Crippen LogP contribution in [0.4, 0.5) is 5.69 Å². The summed E-state index contributed by atoms with van der Waals surface area (Å²) >= 11 is 0. The Hall–Kier alpha value is -5.23. The van der Waals surface area contributed by atoms with Gasteiger partial charge in [-0.05, 0) is 75.5 Å². The molecule has 0 bridgehead atoms. The van der Waals surface area contributed by atoms with E-state index in [1.54, 1.807) is 4.90 Å². The van der Waals surface area contributed by atoms with E-state index in [2.05, 4.69) is 47.8 Å². The molecule has 6 heteroatoms. The number of carbonyl (C=O) groups is 3. The van der Waals surface area contributed by atoms with Crippen LogP contribution in [0, 0.1) is 17.8 Å². The third-order valence-electron chi connectivity index (χ3n) is 9.98. The molecule has 0 saturated heterocycles. The van der Waals surface area contributed by atoms with Crippen molar-refractivity contribution in [1.29, 1.82) is 0 Å². The Morgan fingerprint density at radius 3 is 2.27 bits per heavy atom. The number of para-hydroxylation sites is 1. The van der Waals surface area contributed by atoms with Gasteiger partial charge in [0.2, 0.25) is 11.8 Å². The number of fused-ring (bicyclic) bond motifs is 4. The fourth-order valence-corrected chi connectivity index (χ4v) is 7.31. The van der Waals surface area contributed by atoms with Gasteiger partial charge in [0, 0.05) is 17.4 Å². The molecule has 3 atom stereocenters. The van der Waals surface area contributed by atoms with Gasteiger partial charge in [-0.1, -0.05) is 123 Å². The summed E-state index contributed by atoms with van der Waals surface area (Å²) in [4.78, 5) is 43.4. The molecule has 48 heavy (non-hydrogen) atoms. The lowest BCUT2D eigenvalue weighted by Gasteiger charge is -2.29. The minimum atomic E-state index is -0.929. The number of hydrogen-bond acceptors (Lipinski definition) is 3. The van der Waals surface area contributed by atoms with Crippen LogP contribution in [-0.4, -0.2) is 17.7 Å². The molecular formula is C42H41N3O3. The molecule has 7 rings (SSSR count). The van der Waals surface area contributed by atoms with E-state index in [1.165, 1.54) is 10.8 Å². The van der Waals surface area contributed by atoms with E-state index in [0.717, 1.165) is 58.3 Å². The van der Waals surface area contributed by atoms with Gasteiger partial charge >= 0.3 is 0 Å². The van der Waals surface area contributed by atoms with E-state index in [1.807, 2.05) is 79.7 Å². The summed E-state index contributed by atoms with van der Waals surface area (Å²) in [7, 11) is 0. The number of primary amides is 1. The topological polar surface area (TPSA) is 92.5 Å². The van der Waals surface area contributed by atoms with Gasteiger partial charge in [0.1, 0.15) is 6.04 Å². The van der Waals surface area contributed by atoms with Crippen LogP contribution >= 0.6 is 0 Å². The van der Waals surface area contributed by atoms with E-state index >= 15 is 0 Å². The lowest BCUT2D eigenvalue weighted by Crippen LogP contribution is -2.46. The normalized spacial score (nSPS) is 16.8. The van der Waals surface area contributed by atoms with Crippen molar-refractivity contribution in [1.82, 2.24) is 5.32 Å². The third kappa shape index (κ3) is 6.35. The van der Waals surface area contributed by atoms with E-state index in [4.69, 9.17) is 5.73 Å². The highest BCUT2D eigenvalue weighted by Gasteiger charge is 2.40. The minimum Gasteiger partial charge on any atom is -0.369 e. The monoisotopic (exact) mass is 635 g/mol. The van der Waals surface area contributed by atoms with Gasteiger partial charge in [-0.2, -0.15) is 0 Å². The summed E-state index contributed by atoms with van der Waals surface area (Å²) < 4.78 is 0. The lowest BCUT2D eigenvalue weighted by molar-refractivity contribution is -0.136. The van der Waals surface area contributed by atoms with Gasteiger partial charge < -0.3 is 16.0 Å². The number of anilines is 1. The molecular weight excluding hydrogens is 594 g/mol. The maximum Gasteiger partial charge on any atom is 0.254 e. The molecule has 1 heterocycles. The van der Waals surface area contributed by atoms with Gasteiger partial charge in [0.15, 0.2) is 0 Å². The second-order valence-corrected chi connectivity index (χ2v) is 13.3. The van der Waals surface area contributed by atoms with Crippen molar-refractivity contribution in [2.75, 3.05) is 4.90 Å². The Kier molecular flexibility index (Phi) is 8.81. The first-order valence-electron chi connectivity index (χ1n) is 17.1. The molecule has 1 aliphatic carbocycles. The largest absolute Gasteiger partial charge is 0.369 e. The van der Waals surface area contributed by atoms with Crippen LogP contribution in [0.15, 0.2) is 115 Å². The number of amides is 3. The van der Waals surface area contributed by atoms with Crippen molar-refractivity contribution >= 4 is 34.2 Å². The maximum absolute atomic E-state index is 14.8. The maximum atomic E-state index is 14.8. The summed E-state index contributed by atoms with van der Waals surface area (Å²) in [6, 6.07) is 37.9. The van der Waals surface area contributed by atoms with Crippen molar-refractivity contribution in [2.45, 2.75) is 51.6 Å². The highest BCUT2D eigenvalue weighted by atomic mass is 16.2. The van der Waals surface area contributed by atoms with Crippen LogP contribution in [0.5, 0.6) is 0 Å². The third-order valence-corrected chi connectivity index (χ3v) is 9.98. The summed E-state index contributed by atoms with van der Waals surface area (Å²) in [5, 5.41) is 5.52. The predicted molar refractivity (Wildman–Crippen MR) is 192 cm³/mol. The summed E-state index contributed by atoms with van der Waals surface area (Å²) in [6.07, 6.45) is 3.99. The van der Waals surface area contributed by atoms with Crippen molar-refractivity contribution in [2.24, 2.45) is 23.5 Å². The molecule has 242 valence electrons. The lowest BCUT2D eigenvalue weighted by atomic mass is 9.83. The second-order valence-electron chi connectivity index (χ2n) is 13.3. The van der Waals surface area contributed by atoms with Crippen molar-refractivity contribution < 1.29 is 14.4 Å². The molecule has 1 saturated carbocycles. The van der Waals surface area contributed by atoms with Crippen molar-refractivity contribution in [3.63, 3.8) is 0 Å². The fourth-order valence-electron chi connectivity index (χ4n) is 7.31. The first-order valence-corrected chi connectivity index (χ1v) is 17.1. The standard InChI is InChI=1S/C42H41N3O3/c1-2-10-36(40(43)46)37(24-27-19-20-27)41(47)44-39-35-17-6-5-15-33(35)34-16-7-8-18-38(34)45(42(39)48)26-28-11-9-14-30(23-28)32-22-21-29-12-3-4-13-31(29)25-32/h3-9,11-18,21-23,25,27,36-37,39H,2,10,19-20,24,26H2,1H3,(H2,43,46)(H,44,47). The summed E-state index contributed by atoms with van der Waals surface area (Å²) in [5.74, 6) is -1.69. The summed E-state index contributed by atoms with van der Waals surface area (Å²) in [5.41, 5.74) is 12.4. The zero-order chi connectivity index (χ0) is 33.2. The molecule has 1 fully saturated rings. The number of carbonyl (C=O) groups excluding carboxylic acids is 3. The smallest absolute Gasteiger partial charge is 0.254 e. The molecule has 0 aromatic heterocycles. The Morgan fingerprint density at radius 1 is 0.792 bits per heavy atom. The molecule has 3 unspecified atom stereocenters. The molecule has 0 spiro atoms. The van der Waals surface area contributed by atoms with Gasteiger partial charge in [0.05, 0.1) is 12.2 Å². The van der Waals surface area contributed by atoms with Crippen LogP contribution < -0.4 is 16.0 Å². The Balaban J connectivity index is 1.25. The Morgan fingerprint density at radius 2 is 1.50 bits per heavy atom. The van der Waals surface area contributed by atoms with Gasteiger partial charge in [-0.3, -0.25) is 14.4 Å². The van der Waals surface area contributed by atoms with Crippen molar-refractivity contribution in [3.8, 4) is 22.3 Å². The SMILES string of the molecule is CCCC(C(N)=O)C(CC1CC1)C(=O)NC1C(=O)N(Cc2cccc(-c3ccc4ccccc4c3)c2)c2ccccc2-c2ccccc21. The van der Waals surface area contributed by atoms with Gasteiger partial charge in [-0.15, -0.1) is 0 Å². The first-order chi connectivity index (χ1) is 23.4. The number of nitrogens with one attached hydrogen (secondary N) is 1. The minimum absolute atomic E-state index is 0.215. The van der Waals surface area contributed by atoms with Crippen LogP contribution in [0.3, 0.4) is 0 Å². The van der Waals surface area contributed by atoms with E-state index in [9.17, 15) is 14.4 Å². The van der Waals surface area contributed by atoms with E-state index in [0.29, 0.717) is 25.3 Å². The van der Waals surface area contributed by atoms with Gasteiger partial charge in [-0.25, -0.2) is 0 Å². The number of benzene rings is 5. The molecule has 2 aliphatic rings. The highest BCUT2D eigenvalue weighted by Crippen LogP contribution is 2.42. The first kappa shape index (κ1) is 31.4. The molecule has 3 amide bonds. The van der Waals surface area contributed by atoms with Gasteiger partial charge in [0.25, 0.3) is 5.91 Å². The Bertz CT molecular complexity index is 2000. The van der Waals surface area contributed by atoms with Crippen LogP contribution in [0.2, 0.25) is 0 Å². The summed E-state index contributed by atoms with van der Waals surface area (Å²) in [6.45, 7) is 2.32. The van der Waals surface area contributed by atoms with E-state index < -0.39 is 23.8 Å². The number of nitrogens with zero attached hydrogens (tertiary/aromatic N) is 1. The molecule has 6 nitrogen and oxygen atoms in total. The zero-order valence-electron chi connectivity index (χ0n) is 27.3. The molecule has 5 aromatic carbocycles. The molecule has 5 aromatic rings. The molecule has 0 radical (unpaired) electrons. The average molecular weight is 636 g/mol. The second kappa shape index (κ2) is 13.5. The molecule has 1 aliphatic heterocycles. The van der Waals surface area contributed by atoms with Crippen LogP contribution in [0.1, 0.15) is 56.2 Å². The van der Waals surface area contributed by atoms with Crippen LogP contribution in [0.25, 0.3) is 33.0 Å². The number of hydrogen-bond donors (Lipinski definition) is 2. The van der Waals surface area contributed by atoms with Crippen molar-refractivity contribution in [3.05, 3.63) is 126 Å². The molecule has 3 N–H and O–H groups in total. The fraction of sp³-hybridized carbons (Fsp3) is 0.262.